The van der Waals surface area contributed by atoms with Gasteiger partial charge in [-0.3, -0.25) is 4.79 Å². The molecule has 190 valence electrons. The van der Waals surface area contributed by atoms with Crippen molar-refractivity contribution in [2.75, 3.05) is 45.3 Å². The van der Waals surface area contributed by atoms with Gasteiger partial charge in [0.25, 0.3) is 0 Å². The van der Waals surface area contributed by atoms with Crippen molar-refractivity contribution >= 4 is 11.7 Å². The second kappa shape index (κ2) is 10.7. The molecule has 0 spiro atoms. The van der Waals surface area contributed by atoms with Crippen molar-refractivity contribution in [3.8, 4) is 34.3 Å². The lowest BCUT2D eigenvalue weighted by Crippen LogP contribution is -2.50. The minimum atomic E-state index is 0.0115. The topological polar surface area (TPSA) is 85.6 Å². The number of amides is 1. The third-order valence-electron chi connectivity index (χ3n) is 6.51. The SMILES string of the molecule is COc1ccc(-c2nc(-c3ccc(OC)cc3)n(CC(=O)N3CCN(c4ccc(C)cn4)CC3)n2)cc1. The largest absolute Gasteiger partial charge is 0.497 e. The number of benzene rings is 2. The molecule has 0 radical (unpaired) electrons. The molecule has 1 aliphatic rings. The lowest BCUT2D eigenvalue weighted by atomic mass is 10.2. The highest BCUT2D eigenvalue weighted by Crippen LogP contribution is 2.26. The van der Waals surface area contributed by atoms with Crippen LogP contribution in [0.25, 0.3) is 22.8 Å². The molecule has 0 unspecified atom stereocenters. The molecule has 1 aliphatic heterocycles. The molecule has 0 saturated carbocycles. The van der Waals surface area contributed by atoms with E-state index in [1.807, 2.05) is 72.6 Å². The van der Waals surface area contributed by atoms with Crippen molar-refractivity contribution in [3.63, 3.8) is 0 Å². The predicted molar refractivity (Wildman–Crippen MR) is 142 cm³/mol. The maximum absolute atomic E-state index is 13.3. The Kier molecular flexibility index (Phi) is 7.02. The van der Waals surface area contributed by atoms with Crippen LogP contribution in [0.4, 0.5) is 5.82 Å². The van der Waals surface area contributed by atoms with Gasteiger partial charge in [-0.1, -0.05) is 6.07 Å². The van der Waals surface area contributed by atoms with Crippen molar-refractivity contribution in [3.05, 3.63) is 72.4 Å². The van der Waals surface area contributed by atoms with E-state index in [0.29, 0.717) is 24.7 Å². The number of hydrogen-bond donors (Lipinski definition) is 0. The van der Waals surface area contributed by atoms with E-state index in [4.69, 9.17) is 19.6 Å². The Morgan fingerprint density at radius 3 is 2.03 bits per heavy atom. The maximum Gasteiger partial charge on any atom is 0.244 e. The van der Waals surface area contributed by atoms with Crippen molar-refractivity contribution in [1.82, 2.24) is 24.6 Å². The van der Waals surface area contributed by atoms with Crippen LogP contribution in [0.2, 0.25) is 0 Å². The van der Waals surface area contributed by atoms with E-state index in [9.17, 15) is 4.79 Å². The van der Waals surface area contributed by atoms with Gasteiger partial charge in [0.05, 0.1) is 14.2 Å². The van der Waals surface area contributed by atoms with Crippen LogP contribution >= 0.6 is 0 Å². The Bertz CT molecular complexity index is 1340. The van der Waals surface area contributed by atoms with Gasteiger partial charge < -0.3 is 19.3 Å². The number of anilines is 1. The Hall–Kier alpha value is -4.40. The van der Waals surface area contributed by atoms with Gasteiger partial charge in [-0.05, 0) is 67.1 Å². The quantitative estimate of drug-likeness (QED) is 0.384. The zero-order chi connectivity index (χ0) is 25.8. The Balaban J connectivity index is 1.35. The Labute approximate surface area is 216 Å². The van der Waals surface area contributed by atoms with E-state index in [0.717, 1.165) is 47.1 Å². The zero-order valence-electron chi connectivity index (χ0n) is 21.3. The molecule has 1 saturated heterocycles. The molecule has 5 rings (SSSR count). The van der Waals surface area contributed by atoms with E-state index in [1.54, 1.807) is 18.9 Å². The highest BCUT2D eigenvalue weighted by atomic mass is 16.5. The zero-order valence-corrected chi connectivity index (χ0v) is 21.3. The number of hydrogen-bond acceptors (Lipinski definition) is 7. The molecule has 9 heteroatoms. The van der Waals surface area contributed by atoms with Crippen LogP contribution in [-0.4, -0.2) is 71.0 Å². The average Bonchev–Trinajstić information content (AvgIpc) is 3.37. The molecular weight excluding hydrogens is 468 g/mol. The summed E-state index contributed by atoms with van der Waals surface area (Å²) in [6.45, 7) is 4.87. The third-order valence-corrected chi connectivity index (χ3v) is 6.51. The first-order chi connectivity index (χ1) is 18.0. The monoisotopic (exact) mass is 498 g/mol. The van der Waals surface area contributed by atoms with Crippen LogP contribution in [-0.2, 0) is 11.3 Å². The van der Waals surface area contributed by atoms with Crippen molar-refractivity contribution in [2.24, 2.45) is 0 Å². The van der Waals surface area contributed by atoms with Gasteiger partial charge >= 0.3 is 0 Å². The summed E-state index contributed by atoms with van der Waals surface area (Å²) in [7, 11) is 3.26. The number of pyridine rings is 1. The molecule has 3 heterocycles. The van der Waals surface area contributed by atoms with Crippen molar-refractivity contribution < 1.29 is 14.3 Å². The highest BCUT2D eigenvalue weighted by molar-refractivity contribution is 5.77. The number of rotatable bonds is 7. The molecule has 37 heavy (non-hydrogen) atoms. The van der Waals surface area contributed by atoms with Gasteiger partial charge in [0, 0.05) is 43.5 Å². The molecule has 4 aromatic rings. The number of piperazine rings is 1. The number of aryl methyl sites for hydroxylation is 1. The summed E-state index contributed by atoms with van der Waals surface area (Å²) < 4.78 is 12.3. The van der Waals surface area contributed by atoms with E-state index in [2.05, 4.69) is 16.0 Å². The molecule has 1 amide bonds. The van der Waals surface area contributed by atoms with Crippen LogP contribution < -0.4 is 14.4 Å². The smallest absolute Gasteiger partial charge is 0.244 e. The van der Waals surface area contributed by atoms with Crippen molar-refractivity contribution in [1.29, 1.82) is 0 Å². The normalized spacial score (nSPS) is 13.5. The molecule has 0 N–H and O–H groups in total. The van der Waals surface area contributed by atoms with Gasteiger partial charge in [-0.25, -0.2) is 14.6 Å². The standard InChI is InChI=1S/C28H30N6O3/c1-20-4-13-25(29-18-20)32-14-16-33(17-15-32)26(35)19-34-28(22-7-11-24(37-3)12-8-22)30-27(31-34)21-5-9-23(36-2)10-6-21/h4-13,18H,14-17,19H2,1-3H3. The summed E-state index contributed by atoms with van der Waals surface area (Å²) in [5.74, 6) is 3.65. The predicted octanol–water partition coefficient (Wildman–Crippen LogP) is 3.68. The number of ether oxygens (including phenoxy) is 2. The molecular formula is C28H30N6O3. The fraction of sp³-hybridized carbons (Fsp3) is 0.286. The maximum atomic E-state index is 13.3. The first-order valence-electron chi connectivity index (χ1n) is 12.2. The fourth-order valence-electron chi connectivity index (χ4n) is 4.33. The second-order valence-corrected chi connectivity index (χ2v) is 8.94. The van der Waals surface area contributed by atoms with Gasteiger partial charge in [0.15, 0.2) is 11.6 Å². The summed E-state index contributed by atoms with van der Waals surface area (Å²) in [4.78, 5) is 26.8. The average molecular weight is 499 g/mol. The molecule has 1 fully saturated rings. The summed E-state index contributed by atoms with van der Waals surface area (Å²) in [6.07, 6.45) is 1.87. The van der Waals surface area contributed by atoms with Crippen LogP contribution in [0.15, 0.2) is 66.9 Å². The minimum absolute atomic E-state index is 0.0115. The Morgan fingerprint density at radius 2 is 1.46 bits per heavy atom. The third kappa shape index (κ3) is 5.40. The van der Waals surface area contributed by atoms with Crippen LogP contribution in [0.5, 0.6) is 11.5 Å². The van der Waals surface area contributed by atoms with Gasteiger partial charge in [-0.2, -0.15) is 0 Å². The lowest BCUT2D eigenvalue weighted by molar-refractivity contribution is -0.132. The van der Waals surface area contributed by atoms with Crippen LogP contribution in [0.1, 0.15) is 5.56 Å². The van der Waals surface area contributed by atoms with E-state index < -0.39 is 0 Å². The van der Waals surface area contributed by atoms with Crippen LogP contribution in [0, 0.1) is 6.92 Å². The van der Waals surface area contributed by atoms with Gasteiger partial charge in [0.2, 0.25) is 5.91 Å². The van der Waals surface area contributed by atoms with Crippen LogP contribution in [0.3, 0.4) is 0 Å². The molecule has 2 aromatic carbocycles. The van der Waals surface area contributed by atoms with E-state index >= 15 is 0 Å². The first kappa shape index (κ1) is 24.3. The van der Waals surface area contributed by atoms with E-state index in [1.165, 1.54) is 0 Å². The molecule has 9 nitrogen and oxygen atoms in total. The van der Waals surface area contributed by atoms with Gasteiger partial charge in [0.1, 0.15) is 23.9 Å². The Morgan fingerprint density at radius 1 is 0.838 bits per heavy atom. The number of aromatic nitrogens is 4. The molecule has 0 atom stereocenters. The number of carbonyl (C=O) groups is 1. The van der Waals surface area contributed by atoms with Gasteiger partial charge in [-0.15, -0.1) is 5.10 Å². The summed E-state index contributed by atoms with van der Waals surface area (Å²) >= 11 is 0. The summed E-state index contributed by atoms with van der Waals surface area (Å²) in [6, 6.07) is 19.3. The summed E-state index contributed by atoms with van der Waals surface area (Å²) in [5, 5.41) is 4.73. The van der Waals surface area contributed by atoms with Crippen molar-refractivity contribution in [2.45, 2.75) is 13.5 Å². The fourth-order valence-corrected chi connectivity index (χ4v) is 4.33. The molecule has 2 aromatic heterocycles. The first-order valence-corrected chi connectivity index (χ1v) is 12.2. The lowest BCUT2D eigenvalue weighted by Gasteiger charge is -2.35. The second-order valence-electron chi connectivity index (χ2n) is 8.94. The summed E-state index contributed by atoms with van der Waals surface area (Å²) in [5.41, 5.74) is 2.84. The molecule has 0 bridgehead atoms. The number of methoxy groups -OCH3 is 2. The number of carbonyl (C=O) groups excluding carboxylic acids is 1. The molecule has 0 aliphatic carbocycles. The van der Waals surface area contributed by atoms with E-state index in [-0.39, 0.29) is 12.5 Å². The minimum Gasteiger partial charge on any atom is -0.497 e. The highest BCUT2D eigenvalue weighted by Gasteiger charge is 2.24. The number of nitrogens with zero attached hydrogens (tertiary/aromatic N) is 6.